The van der Waals surface area contributed by atoms with Gasteiger partial charge in [-0.15, -0.1) is 11.3 Å². The first-order valence-corrected chi connectivity index (χ1v) is 9.45. The molecule has 0 atom stereocenters. The summed E-state index contributed by atoms with van der Waals surface area (Å²) in [5.74, 6) is 0.354. The molecule has 3 aromatic rings. The number of hydrogen-bond donors (Lipinski definition) is 1. The number of rotatable bonds is 4. The first-order chi connectivity index (χ1) is 12.6. The number of benzene rings is 1. The van der Waals surface area contributed by atoms with Crippen LogP contribution in [0.4, 0.5) is 10.9 Å². The monoisotopic (exact) mass is 386 g/mol. The molecule has 6 nitrogen and oxygen atoms in total. The fourth-order valence-corrected chi connectivity index (χ4v) is 3.90. The van der Waals surface area contributed by atoms with Crippen molar-refractivity contribution in [1.29, 1.82) is 0 Å². The van der Waals surface area contributed by atoms with Crippen LogP contribution in [0.5, 0.6) is 0 Å². The molecule has 1 fully saturated rings. The average Bonchev–Trinajstić information content (AvgIpc) is 3.23. The summed E-state index contributed by atoms with van der Waals surface area (Å²) in [6.45, 7) is 0.696. The maximum Gasteiger partial charge on any atom is 0.231 e. The van der Waals surface area contributed by atoms with E-state index < -0.39 is 0 Å². The van der Waals surface area contributed by atoms with Crippen LogP contribution >= 0.6 is 22.9 Å². The minimum absolute atomic E-state index is 0.0920. The fourth-order valence-electron chi connectivity index (χ4n) is 2.86. The molecule has 4 rings (SSSR count). The van der Waals surface area contributed by atoms with E-state index in [-0.39, 0.29) is 18.2 Å². The number of aromatic nitrogens is 2. The number of nitrogens with zero attached hydrogens (tertiary/aromatic N) is 3. The van der Waals surface area contributed by atoms with Crippen molar-refractivity contribution in [1.82, 2.24) is 9.97 Å². The van der Waals surface area contributed by atoms with E-state index >= 15 is 0 Å². The molecule has 1 aliphatic heterocycles. The topological polar surface area (TPSA) is 75.2 Å². The van der Waals surface area contributed by atoms with Crippen molar-refractivity contribution < 1.29 is 9.59 Å². The molecular weight excluding hydrogens is 372 g/mol. The van der Waals surface area contributed by atoms with E-state index in [0.717, 1.165) is 17.3 Å². The molecule has 1 aliphatic rings. The summed E-state index contributed by atoms with van der Waals surface area (Å²) in [7, 11) is 0. The number of fused-ring (bicyclic) bond motifs is 1. The smallest absolute Gasteiger partial charge is 0.231 e. The minimum atomic E-state index is -0.205. The Labute approximate surface area is 158 Å². The van der Waals surface area contributed by atoms with E-state index in [1.807, 2.05) is 17.5 Å². The van der Waals surface area contributed by atoms with Gasteiger partial charge >= 0.3 is 0 Å². The highest BCUT2D eigenvalue weighted by Gasteiger charge is 2.24. The van der Waals surface area contributed by atoms with Crippen LogP contribution in [0.1, 0.15) is 18.5 Å². The number of amides is 2. The Hall–Kier alpha value is -2.51. The van der Waals surface area contributed by atoms with Gasteiger partial charge < -0.3 is 5.32 Å². The summed E-state index contributed by atoms with van der Waals surface area (Å²) in [5, 5.41) is 6.80. The molecule has 1 saturated heterocycles. The van der Waals surface area contributed by atoms with Crippen molar-refractivity contribution in [3.8, 4) is 0 Å². The van der Waals surface area contributed by atoms with E-state index in [9.17, 15) is 9.59 Å². The van der Waals surface area contributed by atoms with Crippen molar-refractivity contribution in [2.24, 2.45) is 0 Å². The van der Waals surface area contributed by atoms with Crippen LogP contribution in [0, 0.1) is 0 Å². The van der Waals surface area contributed by atoms with Crippen molar-refractivity contribution in [2.45, 2.75) is 19.3 Å². The maximum absolute atomic E-state index is 12.3. The molecular formula is C18H15ClN4O2S. The Morgan fingerprint density at radius 1 is 1.27 bits per heavy atom. The van der Waals surface area contributed by atoms with Crippen molar-refractivity contribution in [3.63, 3.8) is 0 Å². The van der Waals surface area contributed by atoms with Gasteiger partial charge in [0.05, 0.1) is 17.6 Å². The largest absolute Gasteiger partial charge is 0.310 e. The van der Waals surface area contributed by atoms with Crippen LogP contribution in [0.2, 0.25) is 5.02 Å². The van der Waals surface area contributed by atoms with Gasteiger partial charge in [0.15, 0.2) is 5.13 Å². The van der Waals surface area contributed by atoms with Gasteiger partial charge in [-0.05, 0) is 30.7 Å². The van der Waals surface area contributed by atoms with Crippen LogP contribution < -0.4 is 10.2 Å². The number of carbonyl (C=O) groups is 2. The van der Waals surface area contributed by atoms with Crippen LogP contribution in [-0.4, -0.2) is 28.3 Å². The quantitative estimate of drug-likeness (QED) is 0.742. The van der Waals surface area contributed by atoms with Crippen LogP contribution in [0.3, 0.4) is 0 Å². The van der Waals surface area contributed by atoms with E-state index in [0.29, 0.717) is 34.6 Å². The summed E-state index contributed by atoms with van der Waals surface area (Å²) in [4.78, 5) is 34.6. The summed E-state index contributed by atoms with van der Waals surface area (Å²) < 4.78 is 0. The number of pyridine rings is 1. The molecule has 0 radical (unpaired) electrons. The molecule has 1 N–H and O–H groups in total. The van der Waals surface area contributed by atoms with Crippen molar-refractivity contribution >= 4 is 56.6 Å². The fraction of sp³-hybridized carbons (Fsp3) is 0.222. The molecule has 26 heavy (non-hydrogen) atoms. The predicted octanol–water partition coefficient (Wildman–Crippen LogP) is 3.65. The van der Waals surface area contributed by atoms with Gasteiger partial charge in [-0.3, -0.25) is 14.5 Å². The standard InChI is InChI=1S/C18H15ClN4O2S/c19-12-5-3-11-4-6-15(21-14(11)8-12)22-16(24)9-13-10-26-18(20-13)23-7-1-2-17(23)25/h3-6,8,10H,1-2,7,9H2,(H,21,22,24). The van der Waals surface area contributed by atoms with Crippen LogP contribution in [-0.2, 0) is 16.0 Å². The molecule has 132 valence electrons. The zero-order valence-electron chi connectivity index (χ0n) is 13.7. The van der Waals surface area contributed by atoms with Crippen LogP contribution in [0.15, 0.2) is 35.7 Å². The Balaban J connectivity index is 1.44. The lowest BCUT2D eigenvalue weighted by atomic mass is 10.2. The van der Waals surface area contributed by atoms with E-state index in [1.54, 1.807) is 23.1 Å². The first kappa shape index (κ1) is 16.9. The second-order valence-corrected chi connectivity index (χ2v) is 7.30. The molecule has 2 aromatic heterocycles. The Morgan fingerprint density at radius 3 is 2.92 bits per heavy atom. The Kier molecular flexibility index (Phi) is 4.57. The second-order valence-electron chi connectivity index (χ2n) is 6.03. The SMILES string of the molecule is O=C(Cc1csc(N2CCCC2=O)n1)Nc1ccc2ccc(Cl)cc2n1. The highest BCUT2D eigenvalue weighted by atomic mass is 35.5. The number of anilines is 2. The molecule has 0 unspecified atom stereocenters. The first-order valence-electron chi connectivity index (χ1n) is 8.19. The van der Waals surface area contributed by atoms with Gasteiger partial charge in [0.1, 0.15) is 5.82 Å². The summed E-state index contributed by atoms with van der Waals surface area (Å²) >= 11 is 7.37. The summed E-state index contributed by atoms with van der Waals surface area (Å²) in [6.07, 6.45) is 1.55. The minimum Gasteiger partial charge on any atom is -0.310 e. The van der Waals surface area contributed by atoms with Gasteiger partial charge in [-0.1, -0.05) is 17.7 Å². The second kappa shape index (κ2) is 7.01. The third kappa shape index (κ3) is 3.54. The third-order valence-electron chi connectivity index (χ3n) is 4.11. The Bertz CT molecular complexity index is 1000. The van der Waals surface area contributed by atoms with Crippen molar-refractivity contribution in [2.75, 3.05) is 16.8 Å². The molecule has 0 aliphatic carbocycles. The van der Waals surface area contributed by atoms with Gasteiger partial charge in [-0.25, -0.2) is 9.97 Å². The zero-order valence-corrected chi connectivity index (χ0v) is 15.3. The molecule has 2 amide bonds. The number of hydrogen-bond acceptors (Lipinski definition) is 5. The molecule has 1 aromatic carbocycles. The Morgan fingerprint density at radius 2 is 2.12 bits per heavy atom. The third-order valence-corrected chi connectivity index (χ3v) is 5.25. The molecule has 0 bridgehead atoms. The van der Waals surface area contributed by atoms with Gasteiger partial charge in [0.2, 0.25) is 11.8 Å². The van der Waals surface area contributed by atoms with E-state index in [4.69, 9.17) is 11.6 Å². The van der Waals surface area contributed by atoms with Gasteiger partial charge in [-0.2, -0.15) is 0 Å². The summed E-state index contributed by atoms with van der Waals surface area (Å²) in [5.41, 5.74) is 1.37. The van der Waals surface area contributed by atoms with Crippen molar-refractivity contribution in [3.05, 3.63) is 46.4 Å². The number of thiazole rings is 1. The average molecular weight is 387 g/mol. The molecule has 3 heterocycles. The van der Waals surface area contributed by atoms with E-state index in [2.05, 4.69) is 15.3 Å². The van der Waals surface area contributed by atoms with Gasteiger partial charge in [0.25, 0.3) is 0 Å². The number of halogens is 1. The zero-order chi connectivity index (χ0) is 18.1. The predicted molar refractivity (Wildman–Crippen MR) is 103 cm³/mol. The number of nitrogens with one attached hydrogen (secondary N) is 1. The van der Waals surface area contributed by atoms with E-state index in [1.165, 1.54) is 11.3 Å². The molecule has 0 saturated carbocycles. The van der Waals surface area contributed by atoms with Gasteiger partial charge in [0, 0.05) is 28.8 Å². The lowest BCUT2D eigenvalue weighted by Gasteiger charge is -2.10. The lowest BCUT2D eigenvalue weighted by molar-refractivity contribution is -0.117. The summed E-state index contributed by atoms with van der Waals surface area (Å²) in [6, 6.07) is 9.07. The molecule has 8 heteroatoms. The maximum atomic E-state index is 12.3. The molecule has 0 spiro atoms. The van der Waals surface area contributed by atoms with Crippen LogP contribution in [0.25, 0.3) is 10.9 Å². The normalized spacial score (nSPS) is 14.2. The highest BCUT2D eigenvalue weighted by molar-refractivity contribution is 7.14. The lowest BCUT2D eigenvalue weighted by Crippen LogP contribution is -2.23. The highest BCUT2D eigenvalue weighted by Crippen LogP contribution is 2.25. The number of carbonyl (C=O) groups excluding carboxylic acids is 2.